The van der Waals surface area contributed by atoms with Crippen LogP contribution in [0.2, 0.25) is 0 Å². The van der Waals surface area contributed by atoms with E-state index in [1.54, 1.807) is 0 Å². The summed E-state index contributed by atoms with van der Waals surface area (Å²) in [4.78, 5) is 28.5. The molecule has 0 aliphatic heterocycles. The third-order valence-electron chi connectivity index (χ3n) is 11.0. The molecule has 0 saturated heterocycles. The van der Waals surface area contributed by atoms with Gasteiger partial charge in [0, 0.05) is 44.6 Å². The normalized spacial score (nSPS) is 16.3. The van der Waals surface area contributed by atoms with Crippen molar-refractivity contribution in [2.24, 2.45) is 32.5 Å². The van der Waals surface area contributed by atoms with Crippen molar-refractivity contribution in [2.75, 3.05) is 0 Å². The third kappa shape index (κ3) is 8.84. The lowest BCUT2D eigenvalue weighted by molar-refractivity contribution is -0.114. The van der Waals surface area contributed by atoms with Crippen LogP contribution in [-0.2, 0) is 9.59 Å². The average Bonchev–Trinajstić information content (AvgIpc) is 3.42. The van der Waals surface area contributed by atoms with Crippen molar-refractivity contribution in [3.63, 3.8) is 0 Å². The van der Waals surface area contributed by atoms with Gasteiger partial charge < -0.3 is 4.42 Å². The molecule has 0 N–H and O–H groups in total. The maximum absolute atomic E-state index is 14.3. The van der Waals surface area contributed by atoms with E-state index in [9.17, 15) is 9.59 Å². The van der Waals surface area contributed by atoms with E-state index < -0.39 is 10.8 Å². The van der Waals surface area contributed by atoms with Crippen LogP contribution in [0.15, 0.2) is 123 Å². The Morgan fingerprint density at radius 3 is 0.842 bits per heavy atom. The van der Waals surface area contributed by atoms with Crippen molar-refractivity contribution in [1.82, 2.24) is 0 Å². The molecule has 2 aliphatic rings. The fourth-order valence-corrected chi connectivity index (χ4v) is 8.13. The Bertz CT molecular complexity index is 2030. The summed E-state index contributed by atoms with van der Waals surface area (Å²) >= 11 is 0. The van der Waals surface area contributed by atoms with E-state index in [-0.39, 0.29) is 33.2 Å². The molecular formula is C54H68O3. The van der Waals surface area contributed by atoms with Crippen LogP contribution in [0.3, 0.4) is 0 Å². The molecule has 2 aromatic carbocycles. The number of ketones is 2. The van der Waals surface area contributed by atoms with E-state index in [1.807, 2.05) is 0 Å². The summed E-state index contributed by atoms with van der Waals surface area (Å²) in [6, 6.07) is 21.1. The maximum Gasteiger partial charge on any atom is 0.186 e. The number of benzene rings is 2. The number of carbonyl (C=O) groups excluding carboxylic acids is 2. The Kier molecular flexibility index (Phi) is 11.3. The first-order chi connectivity index (χ1) is 25.9. The van der Waals surface area contributed by atoms with Crippen LogP contribution in [0, 0.1) is 32.5 Å². The molecule has 1 aromatic heterocycles. The average molecular weight is 765 g/mol. The van der Waals surface area contributed by atoms with Crippen LogP contribution in [-0.4, -0.2) is 11.6 Å². The quantitative estimate of drug-likeness (QED) is 0.266. The Labute approximate surface area is 344 Å². The van der Waals surface area contributed by atoms with Crippen LogP contribution in [0.5, 0.6) is 0 Å². The second-order valence-corrected chi connectivity index (χ2v) is 22.3. The van der Waals surface area contributed by atoms with E-state index in [1.165, 1.54) is 0 Å². The Balaban J connectivity index is 2.13. The van der Waals surface area contributed by atoms with E-state index in [0.717, 1.165) is 78.4 Å². The lowest BCUT2D eigenvalue weighted by Gasteiger charge is -2.34. The minimum atomic E-state index is -0.410. The molecule has 0 saturated carbocycles. The molecule has 0 fully saturated rings. The number of carbonyl (C=O) groups is 2. The van der Waals surface area contributed by atoms with Gasteiger partial charge in [-0.2, -0.15) is 0 Å². The van der Waals surface area contributed by atoms with E-state index in [0.29, 0.717) is 0 Å². The minimum Gasteiger partial charge on any atom is -0.455 e. The summed E-state index contributed by atoms with van der Waals surface area (Å²) in [5.41, 5.74) is 9.04. The molecule has 0 unspecified atom stereocenters. The van der Waals surface area contributed by atoms with Gasteiger partial charge in [0.05, 0.1) is 0 Å². The van der Waals surface area contributed by atoms with Crippen LogP contribution < -0.4 is 0 Å². The van der Waals surface area contributed by atoms with Gasteiger partial charge in [0.15, 0.2) is 11.6 Å². The molecule has 57 heavy (non-hydrogen) atoms. The molecule has 1 heterocycles. The van der Waals surface area contributed by atoms with Gasteiger partial charge in [0.2, 0.25) is 0 Å². The van der Waals surface area contributed by atoms with Gasteiger partial charge in [-0.1, -0.05) is 185 Å². The first kappa shape index (κ1) is 43.6. The zero-order chi connectivity index (χ0) is 42.8. The molecule has 0 radical (unpaired) electrons. The maximum atomic E-state index is 14.3. The number of hydrogen-bond acceptors (Lipinski definition) is 3. The standard InChI is InChI=1S/C54H68O3/c1-49(2,3)37-29-35(30-38(45(37)55)50(4,5)6)43(53(13,14)15)47-41(33-25-21-19-22-26-33)42(34-27-23-20-24-28-34)48(57-47)44(54(16,17)18)36-31-39(51(7,8)9)46(56)40(32-36)52(10,11)12/h19-32H,1-18H3. The second kappa shape index (κ2) is 14.7. The molecule has 5 rings (SSSR count). The van der Waals surface area contributed by atoms with Gasteiger partial charge in [-0.15, -0.1) is 0 Å². The van der Waals surface area contributed by atoms with Crippen LogP contribution in [0.1, 0.15) is 136 Å². The van der Waals surface area contributed by atoms with Crippen LogP contribution in [0.4, 0.5) is 0 Å². The topological polar surface area (TPSA) is 47.3 Å². The molecule has 0 amide bonds. The lowest BCUT2D eigenvalue weighted by atomic mass is 9.69. The highest BCUT2D eigenvalue weighted by Crippen LogP contribution is 2.55. The van der Waals surface area contributed by atoms with Crippen molar-refractivity contribution in [2.45, 2.75) is 125 Å². The summed E-state index contributed by atoms with van der Waals surface area (Å²) in [5.74, 6) is 1.79. The van der Waals surface area contributed by atoms with Crippen molar-refractivity contribution in [3.8, 4) is 22.3 Å². The highest BCUT2D eigenvalue weighted by atomic mass is 16.3. The van der Waals surface area contributed by atoms with Gasteiger partial charge in [-0.3, -0.25) is 9.59 Å². The number of furan rings is 1. The monoisotopic (exact) mass is 765 g/mol. The summed E-state index contributed by atoms with van der Waals surface area (Å²) < 4.78 is 7.67. The van der Waals surface area contributed by atoms with Gasteiger partial charge in [0.25, 0.3) is 0 Å². The van der Waals surface area contributed by atoms with Gasteiger partial charge >= 0.3 is 0 Å². The van der Waals surface area contributed by atoms with E-state index >= 15 is 0 Å². The third-order valence-corrected chi connectivity index (χ3v) is 11.0. The lowest BCUT2D eigenvalue weighted by Crippen LogP contribution is -2.28. The molecule has 0 bridgehead atoms. The highest BCUT2D eigenvalue weighted by molar-refractivity contribution is 6.14. The van der Waals surface area contributed by atoms with Crippen molar-refractivity contribution in [3.05, 3.63) is 130 Å². The molecule has 302 valence electrons. The molecule has 3 heteroatoms. The highest BCUT2D eigenvalue weighted by Gasteiger charge is 2.41. The van der Waals surface area contributed by atoms with E-state index in [4.69, 9.17) is 4.42 Å². The van der Waals surface area contributed by atoms with Gasteiger partial charge in [0.1, 0.15) is 11.5 Å². The summed E-state index contributed by atoms with van der Waals surface area (Å²) in [7, 11) is 0. The zero-order valence-electron chi connectivity index (χ0n) is 38.3. The minimum absolute atomic E-state index is 0.106. The fraction of sp³-hybridized carbons (Fsp3) is 0.444. The van der Waals surface area contributed by atoms with Crippen molar-refractivity contribution < 1.29 is 14.0 Å². The summed E-state index contributed by atoms with van der Waals surface area (Å²) in [6.07, 6.45) is 8.52. The largest absolute Gasteiger partial charge is 0.455 e. The second-order valence-electron chi connectivity index (χ2n) is 22.3. The van der Waals surface area contributed by atoms with Crippen LogP contribution >= 0.6 is 0 Å². The first-order valence-corrected chi connectivity index (χ1v) is 20.7. The van der Waals surface area contributed by atoms with Gasteiger partial charge in [-0.05, 0) is 79.1 Å². The molecule has 3 aromatic rings. The predicted molar refractivity (Wildman–Crippen MR) is 242 cm³/mol. The molecular weight excluding hydrogens is 697 g/mol. The SMILES string of the molecule is CC(C)(C)C1=CC(=C(c2oc(C(=C3C=C(C(C)(C)C)C(=O)C(C(C)(C)C)=C3)C(C)(C)C)c(-c3ccccc3)c2-c2ccccc2)C(C)(C)C)C=C(C(C)(C)C)C1=O. The number of allylic oxidation sites excluding steroid dienone is 12. The fourth-order valence-electron chi connectivity index (χ4n) is 8.13. The smallest absolute Gasteiger partial charge is 0.186 e. The van der Waals surface area contributed by atoms with Gasteiger partial charge in [-0.25, -0.2) is 0 Å². The summed E-state index contributed by atoms with van der Waals surface area (Å²) in [5, 5.41) is 0. The zero-order valence-corrected chi connectivity index (χ0v) is 38.3. The molecule has 3 nitrogen and oxygen atoms in total. The first-order valence-electron chi connectivity index (χ1n) is 20.7. The molecule has 2 aliphatic carbocycles. The van der Waals surface area contributed by atoms with E-state index in [2.05, 4.69) is 210 Å². The Hall–Kier alpha value is -4.50. The molecule has 0 spiro atoms. The summed E-state index contributed by atoms with van der Waals surface area (Å²) in [6.45, 7) is 39.0. The van der Waals surface area contributed by atoms with Crippen molar-refractivity contribution >= 4 is 22.7 Å². The Morgan fingerprint density at radius 1 is 0.386 bits per heavy atom. The molecule has 0 atom stereocenters. The van der Waals surface area contributed by atoms with Crippen molar-refractivity contribution in [1.29, 1.82) is 0 Å². The Morgan fingerprint density at radius 2 is 0.632 bits per heavy atom. The number of Topliss-reactive ketones (excluding diaryl/α,β-unsaturated/α-hetero) is 2. The van der Waals surface area contributed by atoms with Crippen LogP contribution in [0.25, 0.3) is 33.4 Å². The predicted octanol–water partition coefficient (Wildman–Crippen LogP) is 15.3. The number of hydrogen-bond donors (Lipinski definition) is 0. The number of rotatable bonds is 4.